The molecule has 0 bridgehead atoms. The molecule has 0 atom stereocenters. The van der Waals surface area contributed by atoms with Crippen molar-refractivity contribution in [3.8, 4) is 0 Å². The molecule has 0 radical (unpaired) electrons. The average molecular weight is 430 g/mol. The van der Waals surface area contributed by atoms with Crippen LogP contribution in [-0.2, 0) is 14.8 Å². The van der Waals surface area contributed by atoms with E-state index in [-0.39, 0.29) is 29.7 Å². The molecule has 0 aliphatic carbocycles. The second-order valence-electron chi connectivity index (χ2n) is 6.02. The summed E-state index contributed by atoms with van der Waals surface area (Å²) in [5.74, 6) is 0.395. The van der Waals surface area contributed by atoms with Crippen molar-refractivity contribution in [2.75, 3.05) is 18.4 Å². The Kier molecular flexibility index (Phi) is 6.36. The summed E-state index contributed by atoms with van der Waals surface area (Å²) in [6, 6.07) is 7.88. The Morgan fingerprint density at radius 2 is 1.96 bits per heavy atom. The zero-order valence-electron chi connectivity index (χ0n) is 14.2. The Hall–Kier alpha value is -1.71. The van der Waals surface area contributed by atoms with Gasteiger partial charge in [0.1, 0.15) is 5.76 Å². The lowest BCUT2D eigenvalue weighted by atomic mass is 10.2. The average Bonchev–Trinajstić information content (AvgIpc) is 2.91. The molecule has 0 saturated carbocycles. The predicted molar refractivity (Wildman–Crippen MR) is 97.6 cm³/mol. The van der Waals surface area contributed by atoms with Crippen molar-refractivity contribution in [1.82, 2.24) is 9.46 Å². The molecule has 2 rings (SSSR count). The summed E-state index contributed by atoms with van der Waals surface area (Å²) in [5, 5.41) is 6.22. The maximum absolute atomic E-state index is 12.9. The highest BCUT2D eigenvalue weighted by Gasteiger charge is 2.27. The Balaban J connectivity index is 2.19. The fourth-order valence-electron chi connectivity index (χ4n) is 2.18. The third kappa shape index (κ3) is 5.38. The van der Waals surface area contributed by atoms with Crippen LogP contribution in [0.15, 0.2) is 44.2 Å². The smallest absolute Gasteiger partial charge is 0.243 e. The van der Waals surface area contributed by atoms with Crippen LogP contribution >= 0.6 is 15.9 Å². The van der Waals surface area contributed by atoms with Crippen LogP contribution in [0.5, 0.6) is 0 Å². The Bertz CT molecular complexity index is 831. The standard InChI is InChI=1S/C16H20BrN3O4S/c1-11(2)9-20(10-16(21)18-15-8-12(3)24-19-15)25(22,23)14-6-4-13(17)5-7-14/h4-8,11H,9-10H2,1-3H3,(H,18,19,21). The molecule has 1 aromatic heterocycles. The first-order chi connectivity index (χ1) is 11.7. The maximum Gasteiger partial charge on any atom is 0.243 e. The van der Waals surface area contributed by atoms with E-state index in [9.17, 15) is 13.2 Å². The van der Waals surface area contributed by atoms with Crippen LogP contribution in [0.1, 0.15) is 19.6 Å². The van der Waals surface area contributed by atoms with Gasteiger partial charge < -0.3 is 9.84 Å². The molecule has 7 nitrogen and oxygen atoms in total. The van der Waals surface area contributed by atoms with Crippen molar-refractivity contribution in [3.05, 3.63) is 40.6 Å². The Morgan fingerprint density at radius 3 is 2.48 bits per heavy atom. The Labute approximate surface area is 155 Å². The van der Waals surface area contributed by atoms with Gasteiger partial charge in [0.15, 0.2) is 5.82 Å². The van der Waals surface area contributed by atoms with E-state index in [2.05, 4.69) is 26.4 Å². The molecular formula is C16H20BrN3O4S. The summed E-state index contributed by atoms with van der Waals surface area (Å²) in [7, 11) is -3.79. The molecule has 0 aliphatic heterocycles. The first kappa shape index (κ1) is 19.6. The van der Waals surface area contributed by atoms with Crippen LogP contribution < -0.4 is 5.32 Å². The van der Waals surface area contributed by atoms with Gasteiger partial charge in [-0.05, 0) is 37.1 Å². The summed E-state index contributed by atoms with van der Waals surface area (Å²) in [4.78, 5) is 12.4. The van der Waals surface area contributed by atoms with E-state index in [4.69, 9.17) is 4.52 Å². The number of hydrogen-bond donors (Lipinski definition) is 1. The molecule has 1 amide bonds. The maximum atomic E-state index is 12.9. The number of halogens is 1. The number of hydrogen-bond acceptors (Lipinski definition) is 5. The van der Waals surface area contributed by atoms with Crippen LogP contribution in [-0.4, -0.2) is 36.9 Å². The monoisotopic (exact) mass is 429 g/mol. The Morgan fingerprint density at radius 1 is 1.32 bits per heavy atom. The van der Waals surface area contributed by atoms with Gasteiger partial charge in [0, 0.05) is 17.1 Å². The quantitative estimate of drug-likeness (QED) is 0.729. The zero-order valence-corrected chi connectivity index (χ0v) is 16.6. The minimum Gasteiger partial charge on any atom is -0.360 e. The van der Waals surface area contributed by atoms with E-state index >= 15 is 0 Å². The van der Waals surface area contributed by atoms with Crippen LogP contribution in [0.25, 0.3) is 0 Å². The fraction of sp³-hybridized carbons (Fsp3) is 0.375. The van der Waals surface area contributed by atoms with Crippen LogP contribution in [0.4, 0.5) is 5.82 Å². The van der Waals surface area contributed by atoms with Crippen molar-refractivity contribution < 1.29 is 17.7 Å². The van der Waals surface area contributed by atoms with Crippen LogP contribution in [0.2, 0.25) is 0 Å². The number of aryl methyl sites for hydroxylation is 1. The van der Waals surface area contributed by atoms with Crippen molar-refractivity contribution >= 4 is 37.7 Å². The van der Waals surface area contributed by atoms with Gasteiger partial charge in [-0.1, -0.05) is 34.9 Å². The second kappa shape index (κ2) is 8.11. The highest BCUT2D eigenvalue weighted by molar-refractivity contribution is 9.10. The third-order valence-corrected chi connectivity index (χ3v) is 5.59. The second-order valence-corrected chi connectivity index (χ2v) is 8.87. The van der Waals surface area contributed by atoms with E-state index in [0.29, 0.717) is 5.76 Å². The van der Waals surface area contributed by atoms with Gasteiger partial charge in [-0.3, -0.25) is 4.79 Å². The van der Waals surface area contributed by atoms with Gasteiger partial charge in [-0.2, -0.15) is 4.31 Å². The van der Waals surface area contributed by atoms with Crippen molar-refractivity contribution in [2.45, 2.75) is 25.7 Å². The number of sulfonamides is 1. The number of anilines is 1. The largest absolute Gasteiger partial charge is 0.360 e. The lowest BCUT2D eigenvalue weighted by Gasteiger charge is -2.23. The summed E-state index contributed by atoms with van der Waals surface area (Å²) in [6.45, 7) is 5.41. The van der Waals surface area contributed by atoms with Gasteiger partial charge >= 0.3 is 0 Å². The number of nitrogens with zero attached hydrogens (tertiary/aromatic N) is 2. The highest BCUT2D eigenvalue weighted by Crippen LogP contribution is 2.20. The first-order valence-corrected chi connectivity index (χ1v) is 9.90. The van der Waals surface area contributed by atoms with E-state index in [0.717, 1.165) is 4.47 Å². The van der Waals surface area contributed by atoms with Gasteiger partial charge in [0.25, 0.3) is 0 Å². The van der Waals surface area contributed by atoms with Gasteiger partial charge in [-0.25, -0.2) is 8.42 Å². The van der Waals surface area contributed by atoms with E-state index in [1.807, 2.05) is 13.8 Å². The summed E-state index contributed by atoms with van der Waals surface area (Å²) in [6.07, 6.45) is 0. The lowest BCUT2D eigenvalue weighted by molar-refractivity contribution is -0.116. The number of amides is 1. The van der Waals surface area contributed by atoms with Gasteiger partial charge in [-0.15, -0.1) is 0 Å². The minimum absolute atomic E-state index is 0.0623. The number of aromatic nitrogens is 1. The first-order valence-electron chi connectivity index (χ1n) is 7.67. The number of carbonyl (C=O) groups excluding carboxylic acids is 1. The minimum atomic E-state index is -3.79. The van der Waals surface area contributed by atoms with E-state index < -0.39 is 15.9 Å². The van der Waals surface area contributed by atoms with Crippen LogP contribution in [0, 0.1) is 12.8 Å². The summed E-state index contributed by atoms with van der Waals surface area (Å²) in [5.41, 5.74) is 0. The molecule has 0 fully saturated rings. The molecule has 9 heteroatoms. The zero-order chi connectivity index (χ0) is 18.6. The molecule has 2 aromatic rings. The number of nitrogens with one attached hydrogen (secondary N) is 1. The van der Waals surface area contributed by atoms with Gasteiger partial charge in [0.05, 0.1) is 11.4 Å². The van der Waals surface area contributed by atoms with Crippen LogP contribution in [0.3, 0.4) is 0 Å². The van der Waals surface area contributed by atoms with Crippen molar-refractivity contribution in [3.63, 3.8) is 0 Å². The number of benzene rings is 1. The number of rotatable bonds is 7. The summed E-state index contributed by atoms with van der Waals surface area (Å²) < 4.78 is 32.6. The molecule has 0 aliphatic rings. The molecule has 25 heavy (non-hydrogen) atoms. The summed E-state index contributed by atoms with van der Waals surface area (Å²) >= 11 is 3.28. The molecular weight excluding hydrogens is 410 g/mol. The molecule has 1 aromatic carbocycles. The van der Waals surface area contributed by atoms with E-state index in [1.54, 1.807) is 25.1 Å². The van der Waals surface area contributed by atoms with Crippen molar-refractivity contribution in [2.24, 2.45) is 5.92 Å². The topological polar surface area (TPSA) is 92.5 Å². The fourth-order valence-corrected chi connectivity index (χ4v) is 4.00. The van der Waals surface area contributed by atoms with E-state index in [1.165, 1.54) is 16.4 Å². The molecule has 136 valence electrons. The molecule has 0 spiro atoms. The van der Waals surface area contributed by atoms with Crippen molar-refractivity contribution in [1.29, 1.82) is 0 Å². The normalized spacial score (nSPS) is 11.9. The molecule has 1 heterocycles. The highest BCUT2D eigenvalue weighted by atomic mass is 79.9. The lowest BCUT2D eigenvalue weighted by Crippen LogP contribution is -2.40. The molecule has 0 saturated heterocycles. The number of carbonyl (C=O) groups is 1. The predicted octanol–water partition coefficient (Wildman–Crippen LogP) is 3.03. The third-order valence-electron chi connectivity index (χ3n) is 3.24. The molecule has 1 N–H and O–H groups in total. The SMILES string of the molecule is Cc1cc(NC(=O)CN(CC(C)C)S(=O)(=O)c2ccc(Br)cc2)no1. The molecule has 0 unspecified atom stereocenters. The van der Waals surface area contributed by atoms with Gasteiger partial charge in [0.2, 0.25) is 15.9 Å².